The quantitative estimate of drug-likeness (QED) is 0.812. The minimum Gasteiger partial charge on any atom is -0.497 e. The number of allylic oxidation sites excluding steroid dienone is 2. The van der Waals surface area contributed by atoms with Gasteiger partial charge in [0.2, 0.25) is 0 Å². The zero-order valence-corrected chi connectivity index (χ0v) is 17.4. The van der Waals surface area contributed by atoms with Gasteiger partial charge in [-0.05, 0) is 72.3 Å². The Hall–Kier alpha value is -1.39. The van der Waals surface area contributed by atoms with Gasteiger partial charge in [-0.25, -0.2) is 0 Å². The first-order chi connectivity index (χ1) is 12.8. The van der Waals surface area contributed by atoms with E-state index in [1.165, 1.54) is 5.56 Å². The van der Waals surface area contributed by atoms with Gasteiger partial charge in [0.25, 0.3) is 0 Å². The van der Waals surface area contributed by atoms with Crippen molar-refractivity contribution in [3.05, 3.63) is 46.9 Å². The van der Waals surface area contributed by atoms with Crippen molar-refractivity contribution in [1.82, 2.24) is 0 Å². The van der Waals surface area contributed by atoms with Crippen molar-refractivity contribution in [2.75, 3.05) is 12.9 Å². The van der Waals surface area contributed by atoms with Gasteiger partial charge in [-0.15, -0.1) is 0 Å². The zero-order valence-electron chi connectivity index (χ0n) is 16.6. The summed E-state index contributed by atoms with van der Waals surface area (Å²) >= 11 is 0. The molecular weight excluding hydrogens is 356 g/mol. The minimum absolute atomic E-state index is 0.0363. The number of hydrogen-bond acceptors (Lipinski definition) is 3. The predicted molar refractivity (Wildman–Crippen MR) is 111 cm³/mol. The molecule has 0 spiro atoms. The Labute approximate surface area is 165 Å². The van der Waals surface area contributed by atoms with Gasteiger partial charge in [0.1, 0.15) is 5.75 Å². The van der Waals surface area contributed by atoms with E-state index >= 15 is 0 Å². The average Bonchev–Trinajstić information content (AvgIpc) is 3.01. The molecular formula is C23H30O3S. The largest absolute Gasteiger partial charge is 0.497 e. The van der Waals surface area contributed by atoms with Gasteiger partial charge < -0.3 is 9.84 Å². The fourth-order valence-electron chi connectivity index (χ4n) is 5.74. The number of ether oxygens (including phenoxy) is 1. The summed E-state index contributed by atoms with van der Waals surface area (Å²) in [7, 11) is 0.478. The van der Waals surface area contributed by atoms with Crippen molar-refractivity contribution in [1.29, 1.82) is 0 Å². The first kappa shape index (κ1) is 18.9. The van der Waals surface area contributed by atoms with Crippen molar-refractivity contribution in [2.45, 2.75) is 52.1 Å². The molecule has 0 saturated heterocycles. The summed E-state index contributed by atoms with van der Waals surface area (Å²) in [5.41, 5.74) is 3.14. The first-order valence-corrected chi connectivity index (χ1v) is 11.3. The highest BCUT2D eigenvalue weighted by molar-refractivity contribution is 7.89. The molecule has 2 bridgehead atoms. The van der Waals surface area contributed by atoms with Gasteiger partial charge in [-0.1, -0.05) is 32.6 Å². The smallest absolute Gasteiger partial charge is 0.119 e. The van der Waals surface area contributed by atoms with E-state index in [4.69, 9.17) is 4.74 Å². The number of fused-ring (bicyclic) bond motifs is 3. The Morgan fingerprint density at radius 3 is 2.81 bits per heavy atom. The number of methoxy groups -OCH3 is 1. The van der Waals surface area contributed by atoms with Crippen molar-refractivity contribution < 1.29 is 14.1 Å². The Bertz CT molecular complexity index is 838. The standard InChI is InChI=1S/C23H30O3S/c1-15(19-7-5-6-16-12-18(26-4)8-9-20(16)19)27(25)14-23-11-10-17(13-21(23)24)22(23,2)3/h7-9,12,17,21,24H,1,5-6,10-11,13-14H2,2-4H3/t17-,21-,23-,27?/m1/s1. The molecule has 3 aliphatic rings. The number of hydrogen-bond donors (Lipinski definition) is 1. The molecule has 1 N–H and O–H groups in total. The number of aryl methyl sites for hydroxylation is 1. The molecule has 0 aliphatic heterocycles. The monoisotopic (exact) mass is 386 g/mol. The number of benzene rings is 1. The summed E-state index contributed by atoms with van der Waals surface area (Å²) in [4.78, 5) is 0.703. The third-order valence-electron chi connectivity index (χ3n) is 7.72. The van der Waals surface area contributed by atoms with E-state index in [-0.39, 0.29) is 16.9 Å². The molecule has 2 fully saturated rings. The fourth-order valence-corrected chi connectivity index (χ4v) is 7.53. The summed E-state index contributed by atoms with van der Waals surface area (Å²) in [6, 6.07) is 6.08. The molecule has 0 amide bonds. The van der Waals surface area contributed by atoms with Gasteiger partial charge in [0.15, 0.2) is 0 Å². The van der Waals surface area contributed by atoms with Gasteiger partial charge >= 0.3 is 0 Å². The normalized spacial score (nSPS) is 31.9. The van der Waals surface area contributed by atoms with Crippen LogP contribution in [0.3, 0.4) is 0 Å². The van der Waals surface area contributed by atoms with Crippen molar-refractivity contribution >= 4 is 16.4 Å². The molecule has 27 heavy (non-hydrogen) atoms. The lowest BCUT2D eigenvalue weighted by atomic mass is 9.70. The van der Waals surface area contributed by atoms with Gasteiger partial charge in [-0.3, -0.25) is 4.21 Å². The van der Waals surface area contributed by atoms with E-state index in [0.717, 1.165) is 49.0 Å². The lowest BCUT2D eigenvalue weighted by Gasteiger charge is -2.40. The van der Waals surface area contributed by atoms with Gasteiger partial charge in [-0.2, -0.15) is 0 Å². The van der Waals surface area contributed by atoms with Crippen LogP contribution in [-0.2, 0) is 17.2 Å². The van der Waals surface area contributed by atoms with E-state index < -0.39 is 10.8 Å². The average molecular weight is 387 g/mol. The maximum atomic E-state index is 13.4. The van der Waals surface area contributed by atoms with E-state index in [1.807, 2.05) is 6.07 Å². The molecule has 0 radical (unpaired) electrons. The van der Waals surface area contributed by atoms with E-state index in [2.05, 4.69) is 38.6 Å². The van der Waals surface area contributed by atoms with E-state index in [1.54, 1.807) is 7.11 Å². The molecule has 4 rings (SSSR count). The first-order valence-electron chi connectivity index (χ1n) is 9.93. The molecule has 0 aromatic heterocycles. The highest BCUT2D eigenvalue weighted by Gasteiger charge is 2.64. The van der Waals surface area contributed by atoms with Crippen LogP contribution in [0.2, 0.25) is 0 Å². The van der Waals surface area contributed by atoms with Crippen molar-refractivity contribution in [3.63, 3.8) is 0 Å². The second-order valence-corrected chi connectivity index (χ2v) is 10.4. The minimum atomic E-state index is -1.20. The summed E-state index contributed by atoms with van der Waals surface area (Å²) in [6.45, 7) is 8.74. The van der Waals surface area contributed by atoms with Crippen LogP contribution < -0.4 is 4.74 Å². The predicted octanol–water partition coefficient (Wildman–Crippen LogP) is 4.47. The van der Waals surface area contributed by atoms with E-state index in [0.29, 0.717) is 16.6 Å². The van der Waals surface area contributed by atoms with E-state index in [9.17, 15) is 9.32 Å². The topological polar surface area (TPSA) is 46.5 Å². The second-order valence-electron chi connectivity index (χ2n) is 8.96. The van der Waals surface area contributed by atoms with Crippen LogP contribution in [0.25, 0.3) is 5.57 Å². The fraction of sp³-hybridized carbons (Fsp3) is 0.565. The number of aliphatic hydroxyl groups excluding tert-OH is 1. The van der Waals surface area contributed by atoms with Gasteiger partial charge in [0, 0.05) is 16.1 Å². The Morgan fingerprint density at radius 1 is 1.41 bits per heavy atom. The summed E-state index contributed by atoms with van der Waals surface area (Å²) in [5, 5.41) is 10.8. The van der Waals surface area contributed by atoms with Crippen LogP contribution in [0.4, 0.5) is 0 Å². The van der Waals surface area contributed by atoms with Crippen LogP contribution in [0, 0.1) is 16.7 Å². The highest BCUT2D eigenvalue weighted by atomic mass is 32.2. The molecule has 1 aromatic carbocycles. The lowest BCUT2D eigenvalue weighted by molar-refractivity contribution is 0.0162. The summed E-state index contributed by atoms with van der Waals surface area (Å²) in [6.07, 6.45) is 6.67. The maximum absolute atomic E-state index is 13.4. The van der Waals surface area contributed by atoms with Crippen molar-refractivity contribution in [3.8, 4) is 5.75 Å². The third kappa shape index (κ3) is 2.75. The molecule has 146 valence electrons. The van der Waals surface area contributed by atoms with Crippen LogP contribution in [0.15, 0.2) is 35.8 Å². The van der Waals surface area contributed by atoms with Gasteiger partial charge in [0.05, 0.1) is 24.0 Å². The molecule has 4 heteroatoms. The van der Waals surface area contributed by atoms with Crippen molar-refractivity contribution in [2.24, 2.45) is 16.7 Å². The van der Waals surface area contributed by atoms with Crippen LogP contribution in [0.5, 0.6) is 5.75 Å². The summed E-state index contributed by atoms with van der Waals surface area (Å²) in [5.74, 6) is 1.91. The summed E-state index contributed by atoms with van der Waals surface area (Å²) < 4.78 is 18.7. The Kier molecular flexibility index (Phi) is 4.63. The third-order valence-corrected chi connectivity index (χ3v) is 9.26. The Morgan fingerprint density at radius 2 is 2.19 bits per heavy atom. The second kappa shape index (κ2) is 6.59. The maximum Gasteiger partial charge on any atom is 0.119 e. The van der Waals surface area contributed by atoms with Crippen LogP contribution in [-0.4, -0.2) is 28.3 Å². The number of rotatable bonds is 5. The SMILES string of the molecule is C=C(C1=CCCc2cc(OC)ccc21)S(=O)C[C@]12CC[C@H](C[C@H]1O)C2(C)C. The van der Waals surface area contributed by atoms with Crippen LogP contribution >= 0.6 is 0 Å². The van der Waals surface area contributed by atoms with Crippen LogP contribution in [0.1, 0.15) is 50.7 Å². The highest BCUT2D eigenvalue weighted by Crippen LogP contribution is 2.66. The molecule has 2 saturated carbocycles. The lowest BCUT2D eigenvalue weighted by Crippen LogP contribution is -2.43. The molecule has 3 nitrogen and oxygen atoms in total. The molecule has 4 atom stereocenters. The Balaban J connectivity index is 1.59. The molecule has 3 aliphatic carbocycles. The molecule has 1 unspecified atom stereocenters. The molecule has 0 heterocycles. The molecule has 1 aromatic rings. The zero-order chi connectivity index (χ0) is 19.4. The number of aliphatic hydroxyl groups is 1.